The molecule has 3 saturated heterocycles. The summed E-state index contributed by atoms with van der Waals surface area (Å²) in [4.78, 5) is 21.8. The van der Waals surface area contributed by atoms with E-state index in [9.17, 15) is 14.4 Å². The first-order valence-electron chi connectivity index (χ1n) is 13.3. The highest BCUT2D eigenvalue weighted by Crippen LogP contribution is 2.37. The number of nitriles is 1. The second-order valence-corrected chi connectivity index (χ2v) is 10.1. The van der Waals surface area contributed by atoms with Crippen molar-refractivity contribution >= 4 is 23.7 Å². The van der Waals surface area contributed by atoms with Crippen LogP contribution in [0.3, 0.4) is 0 Å². The van der Waals surface area contributed by atoms with Gasteiger partial charge >= 0.3 is 0 Å². The van der Waals surface area contributed by atoms with Crippen LogP contribution in [0, 0.1) is 17.1 Å². The Morgan fingerprint density at radius 2 is 2.05 bits per heavy atom. The minimum atomic E-state index is -0.498. The van der Waals surface area contributed by atoms with Crippen LogP contribution in [0.15, 0.2) is 65.7 Å². The molecule has 3 aliphatic heterocycles. The van der Waals surface area contributed by atoms with Crippen molar-refractivity contribution in [3.05, 3.63) is 83.2 Å². The Hall–Kier alpha value is -4.49. The fraction of sp³-hybridized carbons (Fsp3) is 0.333. The zero-order valence-electron chi connectivity index (χ0n) is 22.6. The number of hydrogen-bond acceptors (Lipinski definition) is 7. The topological polar surface area (TPSA) is 112 Å². The van der Waals surface area contributed by atoms with Crippen molar-refractivity contribution in [2.45, 2.75) is 38.3 Å². The maximum atomic E-state index is 13.4. The molecule has 0 aliphatic carbocycles. The van der Waals surface area contributed by atoms with Crippen molar-refractivity contribution in [2.75, 3.05) is 26.2 Å². The number of allylic oxidation sites excluding steroid dienone is 3. The first kappa shape index (κ1) is 27.1. The Kier molecular flexibility index (Phi) is 7.67. The minimum Gasteiger partial charge on any atom is -0.492 e. The largest absolute Gasteiger partial charge is 0.492 e. The molecule has 6 rings (SSSR count). The molecule has 2 N–H and O–H groups in total. The summed E-state index contributed by atoms with van der Waals surface area (Å²) >= 11 is 0. The molecule has 3 fully saturated rings. The lowest BCUT2D eigenvalue weighted by molar-refractivity contribution is -0.154. The monoisotopic (exact) mass is 541 g/mol. The fourth-order valence-electron chi connectivity index (χ4n) is 5.68. The summed E-state index contributed by atoms with van der Waals surface area (Å²) < 4.78 is 20.8. The molecule has 1 aromatic carbocycles. The van der Waals surface area contributed by atoms with Crippen LogP contribution >= 0.6 is 0 Å². The van der Waals surface area contributed by atoms with Crippen LogP contribution in [0.1, 0.15) is 42.9 Å². The minimum absolute atomic E-state index is 0.0184. The van der Waals surface area contributed by atoms with Gasteiger partial charge in [0.1, 0.15) is 23.5 Å². The van der Waals surface area contributed by atoms with Crippen LogP contribution in [0.25, 0.3) is 11.1 Å². The molecule has 2 aromatic heterocycles. The molecule has 5 heterocycles. The van der Waals surface area contributed by atoms with Crippen molar-refractivity contribution in [1.82, 2.24) is 19.4 Å². The first-order valence-corrected chi connectivity index (χ1v) is 13.3. The number of aromatic nitrogens is 2. The summed E-state index contributed by atoms with van der Waals surface area (Å²) in [7, 11) is 0. The molecule has 0 saturated carbocycles. The number of ether oxygens (including phenoxy) is 1. The highest BCUT2D eigenvalue weighted by atomic mass is 19.1. The second kappa shape index (κ2) is 11.3. The van der Waals surface area contributed by atoms with Crippen LogP contribution in [-0.2, 0) is 4.79 Å². The summed E-state index contributed by atoms with van der Waals surface area (Å²) in [6.07, 6.45) is 8.09. The SMILES string of the molecule is C=N/C(=C\C=C(/C)c1cc(OCC)cn2ncc(C#N)c12)N1CC2CC(C1)N2C(=O)C(CN)c1ccc(F)cc1. The van der Waals surface area contributed by atoms with Crippen LogP contribution in [0.2, 0.25) is 0 Å². The highest BCUT2D eigenvalue weighted by Gasteiger charge is 2.48. The molecule has 0 radical (unpaired) electrons. The number of aliphatic imine (C=N–C) groups is 1. The van der Waals surface area contributed by atoms with Crippen molar-refractivity contribution in [3.63, 3.8) is 0 Å². The van der Waals surface area contributed by atoms with E-state index in [1.807, 2.05) is 37.0 Å². The van der Waals surface area contributed by atoms with Crippen molar-refractivity contribution < 1.29 is 13.9 Å². The Morgan fingerprint density at radius 1 is 1.32 bits per heavy atom. The second-order valence-electron chi connectivity index (χ2n) is 10.1. The number of pyridine rings is 1. The van der Waals surface area contributed by atoms with Gasteiger partial charge in [0, 0.05) is 25.2 Å². The quantitative estimate of drug-likeness (QED) is 0.327. The highest BCUT2D eigenvalue weighted by molar-refractivity contribution is 5.86. The van der Waals surface area contributed by atoms with E-state index < -0.39 is 5.92 Å². The average molecular weight is 542 g/mol. The number of piperidine rings is 1. The number of benzene rings is 1. The molecule has 10 heteroatoms. The zero-order valence-corrected chi connectivity index (χ0v) is 22.6. The van der Waals surface area contributed by atoms with E-state index in [1.54, 1.807) is 29.0 Å². The fourth-order valence-corrected chi connectivity index (χ4v) is 5.68. The van der Waals surface area contributed by atoms with E-state index in [2.05, 4.69) is 27.8 Å². The van der Waals surface area contributed by atoms with Gasteiger partial charge in [-0.25, -0.2) is 13.9 Å². The number of carbonyl (C=O) groups is 1. The maximum absolute atomic E-state index is 13.4. The van der Waals surface area contributed by atoms with Gasteiger partial charge in [-0.1, -0.05) is 18.2 Å². The Labute approximate surface area is 232 Å². The van der Waals surface area contributed by atoms with Crippen molar-refractivity contribution in [3.8, 4) is 11.8 Å². The van der Waals surface area contributed by atoms with E-state index in [0.717, 1.165) is 23.1 Å². The molecule has 2 bridgehead atoms. The molecule has 1 amide bonds. The van der Waals surface area contributed by atoms with Gasteiger partial charge in [-0.3, -0.25) is 4.79 Å². The molecule has 40 heavy (non-hydrogen) atoms. The number of hydrogen-bond donors (Lipinski definition) is 1. The standard InChI is InChI=1S/C30H32FN7O2/c1-4-40-25-12-26(29-21(13-32)15-35-37(29)18-25)19(2)5-10-28(34-3)36-16-23-11-24(17-36)38(23)30(39)27(14-33)20-6-8-22(31)9-7-20/h5-10,12,15,18,23-24,27H,3-4,11,14,16-17,33H2,1-2H3/b19-5+,28-10+. The van der Waals surface area contributed by atoms with Gasteiger partial charge in [-0.2, -0.15) is 10.4 Å². The normalized spacial score (nSPS) is 19.7. The lowest BCUT2D eigenvalue weighted by atomic mass is 9.84. The Morgan fingerprint density at radius 3 is 2.67 bits per heavy atom. The summed E-state index contributed by atoms with van der Waals surface area (Å²) in [6.45, 7) is 9.60. The van der Waals surface area contributed by atoms with Crippen LogP contribution in [0.4, 0.5) is 4.39 Å². The first-order chi connectivity index (χ1) is 19.4. The van der Waals surface area contributed by atoms with Gasteiger partial charge in [0.05, 0.1) is 48.1 Å². The van der Waals surface area contributed by atoms with Crippen LogP contribution < -0.4 is 10.5 Å². The number of halogens is 1. The maximum Gasteiger partial charge on any atom is 0.232 e. The van der Waals surface area contributed by atoms with Crippen LogP contribution in [-0.4, -0.2) is 70.4 Å². The van der Waals surface area contributed by atoms with E-state index in [1.165, 1.54) is 12.1 Å². The lowest BCUT2D eigenvalue weighted by Gasteiger charge is -2.57. The molecule has 3 aliphatic rings. The number of piperazine rings is 1. The zero-order chi connectivity index (χ0) is 28.4. The smallest absolute Gasteiger partial charge is 0.232 e. The molecule has 3 unspecified atom stereocenters. The van der Waals surface area contributed by atoms with E-state index in [4.69, 9.17) is 10.5 Å². The van der Waals surface area contributed by atoms with E-state index >= 15 is 0 Å². The predicted molar refractivity (Wildman–Crippen MR) is 151 cm³/mol. The van der Waals surface area contributed by atoms with Crippen molar-refractivity contribution in [1.29, 1.82) is 5.26 Å². The van der Waals surface area contributed by atoms with Crippen molar-refractivity contribution in [2.24, 2.45) is 10.7 Å². The van der Waals surface area contributed by atoms with E-state index in [0.29, 0.717) is 42.3 Å². The number of nitrogens with two attached hydrogens (primary N) is 1. The average Bonchev–Trinajstić information content (AvgIpc) is 3.37. The summed E-state index contributed by atoms with van der Waals surface area (Å²) in [5, 5.41) is 13.9. The Balaban J connectivity index is 1.35. The van der Waals surface area contributed by atoms with E-state index in [-0.39, 0.29) is 30.4 Å². The molecule has 3 atom stereocenters. The number of amides is 1. The third-order valence-electron chi connectivity index (χ3n) is 7.67. The lowest BCUT2D eigenvalue weighted by Crippen LogP contribution is -2.70. The molecular formula is C30H32FN7O2. The molecule has 0 spiro atoms. The summed E-state index contributed by atoms with van der Waals surface area (Å²) in [6, 6.07) is 10.2. The number of rotatable bonds is 9. The van der Waals surface area contributed by atoms with Gasteiger partial charge in [-0.15, -0.1) is 0 Å². The summed E-state index contributed by atoms with van der Waals surface area (Å²) in [5.74, 6) is 0.512. The van der Waals surface area contributed by atoms with Gasteiger partial charge in [0.25, 0.3) is 0 Å². The number of carbonyl (C=O) groups excluding carboxylic acids is 1. The van der Waals surface area contributed by atoms with Crippen LogP contribution in [0.5, 0.6) is 5.75 Å². The molecule has 3 aromatic rings. The third kappa shape index (κ3) is 4.96. The molecule has 9 nitrogen and oxygen atoms in total. The molecular weight excluding hydrogens is 509 g/mol. The summed E-state index contributed by atoms with van der Waals surface area (Å²) in [5.41, 5.74) is 9.64. The number of nitrogens with zero attached hydrogens (tertiary/aromatic N) is 6. The van der Waals surface area contributed by atoms with Gasteiger partial charge < -0.3 is 20.3 Å². The van der Waals surface area contributed by atoms with Gasteiger partial charge in [0.2, 0.25) is 5.91 Å². The molecule has 206 valence electrons. The predicted octanol–water partition coefficient (Wildman–Crippen LogP) is 3.72. The third-order valence-corrected chi connectivity index (χ3v) is 7.67. The van der Waals surface area contributed by atoms with Gasteiger partial charge in [-0.05, 0) is 62.4 Å². The van der Waals surface area contributed by atoms with Gasteiger partial charge in [0.15, 0.2) is 0 Å². The Bertz CT molecular complexity index is 1520. The number of fused-ring (bicyclic) bond motifs is 3.